The first-order chi connectivity index (χ1) is 13.0. The van der Waals surface area contributed by atoms with E-state index in [4.69, 9.17) is 4.74 Å². The fraction of sp³-hybridized carbons (Fsp3) is 0.158. The summed E-state index contributed by atoms with van der Waals surface area (Å²) in [5.74, 6) is -0.290. The maximum absolute atomic E-state index is 12.7. The topological polar surface area (TPSA) is 97.4 Å². The summed E-state index contributed by atoms with van der Waals surface area (Å²) in [6.07, 6.45) is 1.61. The molecule has 1 amide bonds. The quantitative estimate of drug-likeness (QED) is 0.609. The Balaban J connectivity index is 1.80. The summed E-state index contributed by atoms with van der Waals surface area (Å²) < 4.78 is 32.8. The standard InChI is InChI=1S/C19H19N3O4S/c1-26-13-12-21-19(23)15-7-9-16(10-8-15)27(24,25)22-17-6-2-4-14-5-3-11-20-18(14)17/h2-11,22H,12-13H2,1H3,(H,21,23). The van der Waals surface area contributed by atoms with Crippen LogP contribution in [-0.4, -0.2) is 39.6 Å². The predicted octanol–water partition coefficient (Wildman–Crippen LogP) is 2.41. The van der Waals surface area contributed by atoms with Crippen molar-refractivity contribution in [2.75, 3.05) is 25.0 Å². The number of rotatable bonds is 7. The second-order valence-electron chi connectivity index (χ2n) is 5.76. The van der Waals surface area contributed by atoms with Crippen LogP contribution in [-0.2, 0) is 14.8 Å². The third-order valence-electron chi connectivity index (χ3n) is 3.90. The van der Waals surface area contributed by atoms with Crippen molar-refractivity contribution < 1.29 is 17.9 Å². The van der Waals surface area contributed by atoms with Gasteiger partial charge in [0.05, 0.1) is 22.7 Å². The van der Waals surface area contributed by atoms with Crippen molar-refractivity contribution in [3.63, 3.8) is 0 Å². The lowest BCUT2D eigenvalue weighted by Gasteiger charge is -2.11. The van der Waals surface area contributed by atoms with Crippen LogP contribution < -0.4 is 10.0 Å². The number of nitrogens with zero attached hydrogens (tertiary/aromatic N) is 1. The fourth-order valence-electron chi connectivity index (χ4n) is 2.54. The van der Waals surface area contributed by atoms with Crippen LogP contribution in [0, 0.1) is 0 Å². The number of amides is 1. The molecular weight excluding hydrogens is 366 g/mol. The van der Waals surface area contributed by atoms with Crippen molar-refractivity contribution in [2.45, 2.75) is 4.90 Å². The van der Waals surface area contributed by atoms with E-state index in [2.05, 4.69) is 15.0 Å². The number of aromatic nitrogens is 1. The molecule has 0 bridgehead atoms. The molecule has 7 nitrogen and oxygen atoms in total. The summed E-state index contributed by atoms with van der Waals surface area (Å²) in [6, 6.07) is 14.7. The summed E-state index contributed by atoms with van der Waals surface area (Å²) in [4.78, 5) is 16.3. The molecule has 0 aliphatic heterocycles. The number of pyridine rings is 1. The van der Waals surface area contributed by atoms with Crippen molar-refractivity contribution in [1.29, 1.82) is 0 Å². The van der Waals surface area contributed by atoms with Crippen LogP contribution in [0.4, 0.5) is 5.69 Å². The van der Waals surface area contributed by atoms with E-state index in [1.807, 2.05) is 12.1 Å². The number of carbonyl (C=O) groups is 1. The Labute approximate surface area is 157 Å². The number of anilines is 1. The number of fused-ring (bicyclic) bond motifs is 1. The molecule has 1 aromatic heterocycles. The van der Waals surface area contributed by atoms with E-state index in [0.29, 0.717) is 29.9 Å². The highest BCUT2D eigenvalue weighted by Crippen LogP contribution is 2.23. The zero-order chi connectivity index (χ0) is 19.3. The minimum absolute atomic E-state index is 0.0591. The van der Waals surface area contributed by atoms with Crippen LogP contribution in [0.3, 0.4) is 0 Å². The van der Waals surface area contributed by atoms with Gasteiger partial charge in [0, 0.05) is 30.8 Å². The molecule has 1 heterocycles. The molecule has 0 aliphatic rings. The second kappa shape index (κ2) is 8.15. The second-order valence-corrected chi connectivity index (χ2v) is 7.44. The van der Waals surface area contributed by atoms with Gasteiger partial charge in [0.2, 0.25) is 0 Å². The molecule has 8 heteroatoms. The van der Waals surface area contributed by atoms with Gasteiger partial charge in [-0.15, -0.1) is 0 Å². The van der Waals surface area contributed by atoms with E-state index in [9.17, 15) is 13.2 Å². The van der Waals surface area contributed by atoms with Crippen LogP contribution in [0.5, 0.6) is 0 Å². The summed E-state index contributed by atoms with van der Waals surface area (Å²) in [6.45, 7) is 0.784. The van der Waals surface area contributed by atoms with Crippen molar-refractivity contribution in [1.82, 2.24) is 10.3 Å². The van der Waals surface area contributed by atoms with Crippen molar-refractivity contribution in [3.05, 3.63) is 66.4 Å². The smallest absolute Gasteiger partial charge is 0.261 e. The molecule has 0 fully saturated rings. The molecular formula is C19H19N3O4S. The van der Waals surface area contributed by atoms with Gasteiger partial charge < -0.3 is 10.1 Å². The maximum Gasteiger partial charge on any atom is 0.261 e. The molecule has 0 aliphatic carbocycles. The molecule has 0 unspecified atom stereocenters. The third kappa shape index (κ3) is 4.42. The summed E-state index contributed by atoms with van der Waals surface area (Å²) in [7, 11) is -2.26. The number of ether oxygens (including phenoxy) is 1. The number of benzene rings is 2. The molecule has 0 radical (unpaired) electrons. The van der Waals surface area contributed by atoms with E-state index in [0.717, 1.165) is 5.39 Å². The molecule has 0 saturated heterocycles. The molecule has 2 aromatic carbocycles. The number of methoxy groups -OCH3 is 1. The molecule has 0 spiro atoms. The lowest BCUT2D eigenvalue weighted by Crippen LogP contribution is -2.26. The van der Waals surface area contributed by atoms with Gasteiger partial charge in [-0.05, 0) is 36.4 Å². The van der Waals surface area contributed by atoms with E-state index in [1.165, 1.54) is 24.3 Å². The van der Waals surface area contributed by atoms with Crippen molar-refractivity contribution in [3.8, 4) is 0 Å². The molecule has 3 rings (SSSR count). The molecule has 27 heavy (non-hydrogen) atoms. The summed E-state index contributed by atoms with van der Waals surface area (Å²) in [5.41, 5.74) is 1.34. The molecule has 0 atom stereocenters. The molecule has 140 valence electrons. The van der Waals surface area contributed by atoms with Crippen LogP contribution in [0.25, 0.3) is 10.9 Å². The maximum atomic E-state index is 12.7. The SMILES string of the molecule is COCCNC(=O)c1ccc(S(=O)(=O)Nc2cccc3cccnc23)cc1. The van der Waals surface area contributed by atoms with E-state index in [-0.39, 0.29) is 10.8 Å². The Morgan fingerprint density at radius 2 is 1.81 bits per heavy atom. The van der Waals surface area contributed by atoms with Crippen LogP contribution in [0.2, 0.25) is 0 Å². The summed E-state index contributed by atoms with van der Waals surface area (Å²) in [5, 5.41) is 3.51. The largest absolute Gasteiger partial charge is 0.383 e. The number of hydrogen-bond donors (Lipinski definition) is 2. The van der Waals surface area contributed by atoms with Gasteiger partial charge in [-0.2, -0.15) is 0 Å². The number of carbonyl (C=O) groups excluding carboxylic acids is 1. The van der Waals surface area contributed by atoms with Gasteiger partial charge in [0.1, 0.15) is 0 Å². The van der Waals surface area contributed by atoms with Crippen molar-refractivity contribution in [2.24, 2.45) is 0 Å². The highest BCUT2D eigenvalue weighted by Gasteiger charge is 2.16. The van der Waals surface area contributed by atoms with E-state index in [1.54, 1.807) is 31.5 Å². The van der Waals surface area contributed by atoms with Crippen LogP contribution >= 0.6 is 0 Å². The highest BCUT2D eigenvalue weighted by atomic mass is 32.2. The molecule has 3 aromatic rings. The minimum Gasteiger partial charge on any atom is -0.383 e. The third-order valence-corrected chi connectivity index (χ3v) is 5.28. The average Bonchev–Trinajstić information content (AvgIpc) is 2.68. The average molecular weight is 385 g/mol. The summed E-state index contributed by atoms with van der Waals surface area (Å²) >= 11 is 0. The lowest BCUT2D eigenvalue weighted by molar-refractivity contribution is 0.0937. The Kier molecular flexibility index (Phi) is 5.68. The fourth-order valence-corrected chi connectivity index (χ4v) is 3.61. The first-order valence-electron chi connectivity index (χ1n) is 8.25. The normalized spacial score (nSPS) is 11.3. The van der Waals surface area contributed by atoms with Gasteiger partial charge in [-0.3, -0.25) is 14.5 Å². The van der Waals surface area contributed by atoms with Crippen LogP contribution in [0.15, 0.2) is 65.7 Å². The van der Waals surface area contributed by atoms with Gasteiger partial charge in [0.25, 0.3) is 15.9 Å². The number of hydrogen-bond acceptors (Lipinski definition) is 5. The van der Waals surface area contributed by atoms with E-state index < -0.39 is 10.0 Å². The van der Waals surface area contributed by atoms with Gasteiger partial charge in [-0.25, -0.2) is 8.42 Å². The molecule has 0 saturated carbocycles. The van der Waals surface area contributed by atoms with Gasteiger partial charge in [-0.1, -0.05) is 18.2 Å². The Hall–Kier alpha value is -2.97. The monoisotopic (exact) mass is 385 g/mol. The highest BCUT2D eigenvalue weighted by molar-refractivity contribution is 7.92. The predicted molar refractivity (Wildman–Crippen MR) is 103 cm³/mol. The van der Waals surface area contributed by atoms with Crippen molar-refractivity contribution >= 4 is 32.5 Å². The number of sulfonamides is 1. The zero-order valence-corrected chi connectivity index (χ0v) is 15.5. The minimum atomic E-state index is -3.81. The Bertz CT molecular complexity index is 1040. The first-order valence-corrected chi connectivity index (χ1v) is 9.73. The van der Waals surface area contributed by atoms with Gasteiger partial charge in [0.15, 0.2) is 0 Å². The lowest BCUT2D eigenvalue weighted by atomic mass is 10.2. The number of nitrogens with one attached hydrogen (secondary N) is 2. The zero-order valence-electron chi connectivity index (χ0n) is 14.7. The molecule has 2 N–H and O–H groups in total. The first kappa shape index (κ1) is 18.8. The Morgan fingerprint density at radius 1 is 1.07 bits per heavy atom. The van der Waals surface area contributed by atoms with Crippen LogP contribution in [0.1, 0.15) is 10.4 Å². The number of para-hydroxylation sites is 1. The van der Waals surface area contributed by atoms with E-state index >= 15 is 0 Å². The van der Waals surface area contributed by atoms with Gasteiger partial charge >= 0.3 is 0 Å². The Morgan fingerprint density at radius 3 is 2.56 bits per heavy atom.